The smallest absolute Gasteiger partial charge is 0.0396 e. The molecule has 0 spiro atoms. The second-order valence-corrected chi connectivity index (χ2v) is 6.04. The highest BCUT2D eigenvalue weighted by atomic mass is 15.1. The molecule has 0 aliphatic rings. The number of hydrogen-bond acceptors (Lipinski definition) is 3. The van der Waals surface area contributed by atoms with Gasteiger partial charge in [0, 0.05) is 24.8 Å². The van der Waals surface area contributed by atoms with Crippen LogP contribution < -0.4 is 10.6 Å². The second-order valence-electron chi connectivity index (χ2n) is 6.04. The van der Waals surface area contributed by atoms with E-state index in [2.05, 4.69) is 62.9 Å². The van der Waals surface area contributed by atoms with Crippen LogP contribution in [0.4, 0.5) is 5.69 Å². The summed E-state index contributed by atoms with van der Waals surface area (Å²) < 4.78 is 0. The van der Waals surface area contributed by atoms with E-state index >= 15 is 0 Å². The van der Waals surface area contributed by atoms with E-state index in [-0.39, 0.29) is 6.04 Å². The van der Waals surface area contributed by atoms with Gasteiger partial charge in [-0.15, -0.1) is 0 Å². The summed E-state index contributed by atoms with van der Waals surface area (Å²) in [4.78, 5) is 4.71. The Kier molecular flexibility index (Phi) is 7.03. The van der Waals surface area contributed by atoms with Crippen molar-refractivity contribution in [2.75, 3.05) is 38.6 Å². The first-order valence-electron chi connectivity index (χ1n) is 7.68. The second kappa shape index (κ2) is 8.28. The van der Waals surface area contributed by atoms with Gasteiger partial charge in [0.15, 0.2) is 0 Å². The molecule has 0 fully saturated rings. The van der Waals surface area contributed by atoms with E-state index in [1.807, 2.05) is 0 Å². The third kappa shape index (κ3) is 5.51. The topological polar surface area (TPSA) is 32.5 Å². The molecule has 0 aliphatic heterocycles. The average molecular weight is 277 g/mol. The highest BCUT2D eigenvalue weighted by Crippen LogP contribution is 2.22. The predicted molar refractivity (Wildman–Crippen MR) is 89.6 cm³/mol. The summed E-state index contributed by atoms with van der Waals surface area (Å²) in [5.41, 5.74) is 9.93. The fourth-order valence-corrected chi connectivity index (χ4v) is 2.60. The van der Waals surface area contributed by atoms with Crippen molar-refractivity contribution < 1.29 is 0 Å². The molecule has 0 saturated carbocycles. The van der Waals surface area contributed by atoms with Crippen molar-refractivity contribution >= 4 is 5.69 Å². The molecule has 0 aromatic heterocycles. The maximum absolute atomic E-state index is 5.88. The van der Waals surface area contributed by atoms with Gasteiger partial charge >= 0.3 is 0 Å². The third-order valence-electron chi connectivity index (χ3n) is 3.57. The largest absolute Gasteiger partial charge is 0.372 e. The highest BCUT2D eigenvalue weighted by molar-refractivity contribution is 5.54. The Bertz CT molecular complexity index is 399. The molecular formula is C17H31N3. The van der Waals surface area contributed by atoms with Crippen LogP contribution in [0.1, 0.15) is 31.4 Å². The van der Waals surface area contributed by atoms with Crippen LogP contribution in [0.5, 0.6) is 0 Å². The fraction of sp³-hybridized carbons (Fsp3) is 0.647. The predicted octanol–water partition coefficient (Wildman–Crippen LogP) is 2.66. The van der Waals surface area contributed by atoms with Crippen molar-refractivity contribution in [1.29, 1.82) is 0 Å². The van der Waals surface area contributed by atoms with E-state index in [0.717, 1.165) is 26.1 Å². The molecule has 1 atom stereocenters. The third-order valence-corrected chi connectivity index (χ3v) is 3.57. The van der Waals surface area contributed by atoms with Gasteiger partial charge in [0.2, 0.25) is 0 Å². The number of anilines is 1. The van der Waals surface area contributed by atoms with Gasteiger partial charge in [-0.1, -0.05) is 12.1 Å². The van der Waals surface area contributed by atoms with Crippen LogP contribution in [-0.2, 0) is 6.42 Å². The summed E-state index contributed by atoms with van der Waals surface area (Å²) in [6.45, 7) is 9.80. The first-order valence-corrected chi connectivity index (χ1v) is 7.68. The summed E-state index contributed by atoms with van der Waals surface area (Å²) >= 11 is 0. The Hall–Kier alpha value is -1.06. The highest BCUT2D eigenvalue weighted by Gasteiger charge is 2.08. The summed E-state index contributed by atoms with van der Waals surface area (Å²) in [6, 6.07) is 6.99. The number of nitrogens with zero attached hydrogens (tertiary/aromatic N) is 2. The fourth-order valence-electron chi connectivity index (χ4n) is 2.60. The lowest BCUT2D eigenvalue weighted by Gasteiger charge is -2.26. The van der Waals surface area contributed by atoms with Crippen molar-refractivity contribution in [1.82, 2.24) is 4.90 Å². The van der Waals surface area contributed by atoms with Crippen LogP contribution >= 0.6 is 0 Å². The Morgan fingerprint density at radius 3 is 2.40 bits per heavy atom. The quantitative estimate of drug-likeness (QED) is 0.793. The Labute approximate surface area is 124 Å². The first-order chi connectivity index (χ1) is 9.43. The summed E-state index contributed by atoms with van der Waals surface area (Å²) in [5, 5.41) is 0. The SMILES string of the molecule is CCN(CCCN(C)C)c1ccc(CC(C)N)cc1C. The molecule has 0 radical (unpaired) electrons. The van der Waals surface area contributed by atoms with Gasteiger partial charge in [-0.05, 0) is 71.4 Å². The number of aryl methyl sites for hydroxylation is 1. The van der Waals surface area contributed by atoms with Gasteiger partial charge in [-0.3, -0.25) is 0 Å². The van der Waals surface area contributed by atoms with Crippen LogP contribution in [-0.4, -0.2) is 44.7 Å². The lowest BCUT2D eigenvalue weighted by atomic mass is 10.0. The molecule has 1 aromatic rings. The molecule has 114 valence electrons. The first kappa shape index (κ1) is 17.0. The summed E-state index contributed by atoms with van der Waals surface area (Å²) in [7, 11) is 4.26. The zero-order valence-electron chi connectivity index (χ0n) is 13.8. The van der Waals surface area contributed by atoms with Gasteiger partial charge in [0.1, 0.15) is 0 Å². The Balaban J connectivity index is 2.72. The molecule has 1 unspecified atom stereocenters. The van der Waals surface area contributed by atoms with Crippen molar-refractivity contribution in [2.24, 2.45) is 5.73 Å². The van der Waals surface area contributed by atoms with Gasteiger partial charge < -0.3 is 15.5 Å². The van der Waals surface area contributed by atoms with Crippen molar-refractivity contribution in [3.63, 3.8) is 0 Å². The molecule has 3 heteroatoms. The molecule has 0 bridgehead atoms. The van der Waals surface area contributed by atoms with E-state index < -0.39 is 0 Å². The molecule has 3 nitrogen and oxygen atoms in total. The van der Waals surface area contributed by atoms with Gasteiger partial charge in [0.25, 0.3) is 0 Å². The Morgan fingerprint density at radius 2 is 1.90 bits per heavy atom. The Morgan fingerprint density at radius 1 is 1.20 bits per heavy atom. The lowest BCUT2D eigenvalue weighted by molar-refractivity contribution is 0.400. The molecular weight excluding hydrogens is 246 g/mol. The van der Waals surface area contributed by atoms with Crippen molar-refractivity contribution in [3.05, 3.63) is 29.3 Å². The van der Waals surface area contributed by atoms with E-state index in [0.29, 0.717) is 0 Å². The number of rotatable bonds is 8. The monoisotopic (exact) mass is 277 g/mol. The van der Waals surface area contributed by atoms with Crippen LogP contribution in [0.15, 0.2) is 18.2 Å². The zero-order valence-corrected chi connectivity index (χ0v) is 13.8. The minimum Gasteiger partial charge on any atom is -0.372 e. The van der Waals surface area contributed by atoms with Gasteiger partial charge in [-0.25, -0.2) is 0 Å². The van der Waals surface area contributed by atoms with Crippen molar-refractivity contribution in [2.45, 2.75) is 39.7 Å². The van der Waals surface area contributed by atoms with E-state index in [1.54, 1.807) is 0 Å². The summed E-state index contributed by atoms with van der Waals surface area (Å²) in [5.74, 6) is 0. The molecule has 1 rings (SSSR count). The number of benzene rings is 1. The number of hydrogen-bond donors (Lipinski definition) is 1. The molecule has 0 amide bonds. The normalized spacial score (nSPS) is 12.8. The lowest BCUT2D eigenvalue weighted by Crippen LogP contribution is -2.27. The van der Waals surface area contributed by atoms with E-state index in [1.165, 1.54) is 23.2 Å². The van der Waals surface area contributed by atoms with E-state index in [4.69, 9.17) is 5.73 Å². The van der Waals surface area contributed by atoms with Crippen molar-refractivity contribution in [3.8, 4) is 0 Å². The molecule has 2 N–H and O–H groups in total. The van der Waals surface area contributed by atoms with E-state index in [9.17, 15) is 0 Å². The van der Waals surface area contributed by atoms with Crippen LogP contribution in [0.25, 0.3) is 0 Å². The van der Waals surface area contributed by atoms with Crippen LogP contribution in [0, 0.1) is 6.92 Å². The zero-order chi connectivity index (χ0) is 15.1. The molecule has 0 heterocycles. The maximum Gasteiger partial charge on any atom is 0.0396 e. The minimum absolute atomic E-state index is 0.225. The van der Waals surface area contributed by atoms with Crippen LogP contribution in [0.2, 0.25) is 0 Å². The van der Waals surface area contributed by atoms with Gasteiger partial charge in [0.05, 0.1) is 0 Å². The standard InChI is InChI=1S/C17H31N3/c1-6-20(11-7-10-19(4)5)17-9-8-16(12-14(17)2)13-15(3)18/h8-9,12,15H,6-7,10-11,13,18H2,1-5H3. The minimum atomic E-state index is 0.225. The average Bonchev–Trinajstić information content (AvgIpc) is 2.34. The maximum atomic E-state index is 5.88. The van der Waals surface area contributed by atoms with Crippen LogP contribution in [0.3, 0.4) is 0 Å². The molecule has 1 aromatic carbocycles. The molecule has 20 heavy (non-hydrogen) atoms. The van der Waals surface area contributed by atoms with Gasteiger partial charge in [-0.2, -0.15) is 0 Å². The molecule has 0 aliphatic carbocycles. The molecule has 0 saturated heterocycles. The summed E-state index contributed by atoms with van der Waals surface area (Å²) in [6.07, 6.45) is 2.15. The number of nitrogens with two attached hydrogens (primary N) is 1.